The fourth-order valence-corrected chi connectivity index (χ4v) is 4.07. The van der Waals surface area contributed by atoms with Crippen LogP contribution in [-0.4, -0.2) is 77.5 Å². The summed E-state index contributed by atoms with van der Waals surface area (Å²) >= 11 is 1.57. The highest BCUT2D eigenvalue weighted by atomic mass is 32.1. The summed E-state index contributed by atoms with van der Waals surface area (Å²) in [5.41, 5.74) is 1.60. The van der Waals surface area contributed by atoms with Crippen LogP contribution in [-0.2, 0) is 11.3 Å². The van der Waals surface area contributed by atoms with Gasteiger partial charge >= 0.3 is 0 Å². The van der Waals surface area contributed by atoms with E-state index in [1.807, 2.05) is 6.92 Å². The zero-order chi connectivity index (χ0) is 19.0. The predicted octanol–water partition coefficient (Wildman–Crippen LogP) is -0.324. The van der Waals surface area contributed by atoms with Gasteiger partial charge in [0.15, 0.2) is 0 Å². The van der Waals surface area contributed by atoms with Gasteiger partial charge in [-0.1, -0.05) is 19.1 Å². The lowest BCUT2D eigenvalue weighted by atomic mass is 9.95. The molecule has 2 aromatic rings. The van der Waals surface area contributed by atoms with Crippen LogP contribution in [0.25, 0.3) is 10.7 Å². The molecule has 2 aromatic heterocycles. The van der Waals surface area contributed by atoms with Crippen molar-refractivity contribution < 1.29 is 25.2 Å². The fourth-order valence-electron chi connectivity index (χ4n) is 3.05. The summed E-state index contributed by atoms with van der Waals surface area (Å²) < 4.78 is 6.99. The van der Waals surface area contributed by atoms with Gasteiger partial charge in [-0.3, -0.25) is 0 Å². The molecule has 3 heterocycles. The van der Waals surface area contributed by atoms with E-state index < -0.39 is 37.1 Å². The second-order valence-corrected chi connectivity index (χ2v) is 7.85. The number of nitrogens with zero attached hydrogens (tertiary/aromatic N) is 4. The minimum atomic E-state index is -1.40. The summed E-state index contributed by atoms with van der Waals surface area (Å²) in [6.07, 6.45) is -4.13. The maximum atomic E-state index is 10.1. The zero-order valence-corrected chi connectivity index (χ0v) is 15.7. The smallest absolute Gasteiger partial charge is 0.145 e. The van der Waals surface area contributed by atoms with Crippen molar-refractivity contribution in [2.75, 3.05) is 6.61 Å². The highest BCUT2D eigenvalue weighted by Gasteiger charge is 2.43. The first-order valence-corrected chi connectivity index (χ1v) is 9.31. The lowest BCUT2D eigenvalue weighted by molar-refractivity contribution is -0.232. The summed E-state index contributed by atoms with van der Waals surface area (Å²) in [7, 11) is 0. The van der Waals surface area contributed by atoms with Crippen LogP contribution >= 0.6 is 11.3 Å². The van der Waals surface area contributed by atoms with Crippen LogP contribution in [0, 0.1) is 6.92 Å². The van der Waals surface area contributed by atoms with Crippen LogP contribution in [0.2, 0.25) is 0 Å². The second-order valence-electron chi connectivity index (χ2n) is 6.82. The maximum Gasteiger partial charge on any atom is 0.145 e. The Kier molecular flexibility index (Phi) is 5.70. The number of aromatic nitrogens is 4. The summed E-state index contributed by atoms with van der Waals surface area (Å²) in [4.78, 5) is 5.74. The summed E-state index contributed by atoms with van der Waals surface area (Å²) in [6.45, 7) is 5.85. The zero-order valence-electron chi connectivity index (χ0n) is 14.8. The van der Waals surface area contributed by atoms with E-state index in [4.69, 9.17) is 4.74 Å². The Balaban J connectivity index is 1.75. The number of rotatable bonds is 5. The van der Waals surface area contributed by atoms with Gasteiger partial charge in [-0.2, -0.15) is 0 Å². The summed E-state index contributed by atoms with van der Waals surface area (Å²) in [6, 6.07) is 0. The summed E-state index contributed by atoms with van der Waals surface area (Å²) in [5.74, 6) is 0.380. The van der Waals surface area contributed by atoms with E-state index in [2.05, 4.69) is 29.1 Å². The van der Waals surface area contributed by atoms with E-state index in [9.17, 15) is 20.4 Å². The molecule has 3 rings (SSSR count). The number of hydrogen-bond acceptors (Lipinski definition) is 9. The molecule has 9 nitrogen and oxygen atoms in total. The van der Waals surface area contributed by atoms with E-state index in [1.54, 1.807) is 17.5 Å². The molecule has 1 aliphatic rings. The van der Waals surface area contributed by atoms with E-state index >= 15 is 0 Å². The molecule has 10 heteroatoms. The van der Waals surface area contributed by atoms with Gasteiger partial charge in [-0.15, -0.1) is 16.4 Å². The Labute approximate surface area is 154 Å². The normalized spacial score (nSPS) is 29.5. The third kappa shape index (κ3) is 3.66. The molecule has 0 aliphatic carbocycles. The first-order chi connectivity index (χ1) is 12.3. The van der Waals surface area contributed by atoms with Gasteiger partial charge < -0.3 is 25.2 Å². The first kappa shape index (κ1) is 19.3. The van der Waals surface area contributed by atoms with Crippen LogP contribution in [0.1, 0.15) is 30.3 Å². The van der Waals surface area contributed by atoms with Crippen LogP contribution in [0.15, 0.2) is 6.20 Å². The van der Waals surface area contributed by atoms with Crippen molar-refractivity contribution in [2.24, 2.45) is 0 Å². The van der Waals surface area contributed by atoms with E-state index in [0.717, 1.165) is 10.7 Å². The SMILES string of the molecule is Cc1nc(-c2cn(CC3OC(CO)C(O)C(O)C3O)nn2)sc1C(C)C. The van der Waals surface area contributed by atoms with E-state index in [0.29, 0.717) is 11.6 Å². The van der Waals surface area contributed by atoms with Gasteiger partial charge in [0, 0.05) is 4.88 Å². The number of aryl methyl sites for hydroxylation is 1. The molecule has 4 N–H and O–H groups in total. The number of aliphatic hydroxyl groups is 4. The Morgan fingerprint density at radius 2 is 1.88 bits per heavy atom. The number of aliphatic hydroxyl groups excluding tert-OH is 4. The molecule has 26 heavy (non-hydrogen) atoms. The van der Waals surface area contributed by atoms with E-state index in [-0.39, 0.29) is 6.54 Å². The van der Waals surface area contributed by atoms with Crippen molar-refractivity contribution in [3.8, 4) is 10.7 Å². The first-order valence-electron chi connectivity index (χ1n) is 8.50. The molecule has 0 bridgehead atoms. The molecule has 0 spiro atoms. The van der Waals surface area contributed by atoms with Crippen molar-refractivity contribution in [1.29, 1.82) is 0 Å². The van der Waals surface area contributed by atoms with Gasteiger partial charge in [-0.05, 0) is 12.8 Å². The number of thiazole rings is 1. The topological polar surface area (TPSA) is 134 Å². The van der Waals surface area contributed by atoms with Gasteiger partial charge in [0.2, 0.25) is 0 Å². The molecule has 5 unspecified atom stereocenters. The Morgan fingerprint density at radius 3 is 2.50 bits per heavy atom. The molecule has 0 aromatic carbocycles. The third-order valence-corrected chi connectivity index (χ3v) is 5.95. The van der Waals surface area contributed by atoms with Crippen LogP contribution < -0.4 is 0 Å². The van der Waals surface area contributed by atoms with Crippen LogP contribution in [0.5, 0.6) is 0 Å². The molecule has 1 aliphatic heterocycles. The van der Waals surface area contributed by atoms with Crippen LogP contribution in [0.4, 0.5) is 0 Å². The largest absolute Gasteiger partial charge is 0.394 e. The second kappa shape index (κ2) is 7.67. The lowest BCUT2D eigenvalue weighted by Crippen LogP contribution is -2.59. The predicted molar refractivity (Wildman–Crippen MR) is 93.7 cm³/mol. The van der Waals surface area contributed by atoms with Gasteiger partial charge in [0.1, 0.15) is 41.2 Å². The van der Waals surface area contributed by atoms with E-state index in [1.165, 1.54) is 9.56 Å². The van der Waals surface area contributed by atoms with Crippen molar-refractivity contribution >= 4 is 11.3 Å². The molecule has 0 amide bonds. The third-order valence-electron chi connectivity index (χ3n) is 4.47. The highest BCUT2D eigenvalue weighted by molar-refractivity contribution is 7.15. The van der Waals surface area contributed by atoms with Crippen LogP contribution in [0.3, 0.4) is 0 Å². The monoisotopic (exact) mass is 384 g/mol. The molecule has 0 saturated carbocycles. The van der Waals surface area contributed by atoms with Crippen molar-refractivity contribution in [2.45, 2.75) is 63.8 Å². The fraction of sp³-hybridized carbons (Fsp3) is 0.688. The molecule has 1 saturated heterocycles. The average Bonchev–Trinajstić information content (AvgIpc) is 3.22. The maximum absolute atomic E-state index is 10.1. The quantitative estimate of drug-likeness (QED) is 0.551. The standard InChI is InChI=1S/C16H24N4O5S/c1-7(2)15-8(3)17-16(26-15)9-4-20(19-18-9)5-10-12(22)14(24)13(23)11(6-21)25-10/h4,7,10-14,21-24H,5-6H2,1-3H3. The molecule has 1 fully saturated rings. The Hall–Kier alpha value is -1.43. The van der Waals surface area contributed by atoms with Gasteiger partial charge in [-0.25, -0.2) is 9.67 Å². The Morgan fingerprint density at radius 1 is 1.19 bits per heavy atom. The van der Waals surface area contributed by atoms with Crippen molar-refractivity contribution in [3.63, 3.8) is 0 Å². The molecular weight excluding hydrogens is 360 g/mol. The lowest BCUT2D eigenvalue weighted by Gasteiger charge is -2.39. The molecule has 5 atom stereocenters. The highest BCUT2D eigenvalue weighted by Crippen LogP contribution is 2.31. The minimum absolute atomic E-state index is 0.121. The molecular formula is C16H24N4O5S. The molecule has 144 valence electrons. The summed E-state index contributed by atoms with van der Waals surface area (Å²) in [5, 5.41) is 48.0. The number of ether oxygens (including phenoxy) is 1. The Bertz CT molecular complexity index is 747. The van der Waals surface area contributed by atoms with Crippen molar-refractivity contribution in [3.05, 3.63) is 16.8 Å². The van der Waals surface area contributed by atoms with Gasteiger partial charge in [0.25, 0.3) is 0 Å². The van der Waals surface area contributed by atoms with Crippen molar-refractivity contribution in [1.82, 2.24) is 20.0 Å². The van der Waals surface area contributed by atoms with Gasteiger partial charge in [0.05, 0.1) is 25.0 Å². The molecule has 0 radical (unpaired) electrons. The minimum Gasteiger partial charge on any atom is -0.394 e. The number of hydrogen-bond donors (Lipinski definition) is 4. The average molecular weight is 384 g/mol.